The second-order valence-electron chi connectivity index (χ2n) is 7.81. The third kappa shape index (κ3) is 6.77. The van der Waals surface area contributed by atoms with Gasteiger partial charge in [-0.2, -0.15) is 0 Å². The Labute approximate surface area is 190 Å². The smallest absolute Gasteiger partial charge is 0.191 e. The molecule has 0 bridgehead atoms. The fourth-order valence-corrected chi connectivity index (χ4v) is 4.05. The Bertz CT molecular complexity index is 866. The molecule has 0 saturated carbocycles. The normalized spacial score (nSPS) is 15.5. The van der Waals surface area contributed by atoms with Crippen LogP contribution in [0.15, 0.2) is 47.5 Å². The summed E-state index contributed by atoms with van der Waals surface area (Å²) in [7, 11) is 5.09. The summed E-state index contributed by atoms with van der Waals surface area (Å²) in [6.07, 6.45) is 2.34. The Morgan fingerprint density at radius 2 is 1.81 bits per heavy atom. The number of rotatable bonds is 8. The maximum Gasteiger partial charge on any atom is 0.191 e. The number of aliphatic imine (C=N–C) groups is 1. The van der Waals surface area contributed by atoms with Gasteiger partial charge in [-0.1, -0.05) is 35.9 Å². The largest absolute Gasteiger partial charge is 0.493 e. The molecule has 0 unspecified atom stereocenters. The third-order valence-corrected chi connectivity index (χ3v) is 6.12. The molecule has 1 aliphatic rings. The molecule has 2 N–H and O–H groups in total. The molecule has 0 aromatic heterocycles. The monoisotopic (exact) mass is 444 g/mol. The maximum atomic E-state index is 6.31. The second-order valence-corrected chi connectivity index (χ2v) is 8.21. The highest BCUT2D eigenvalue weighted by Crippen LogP contribution is 2.27. The molecule has 2 aromatic rings. The first-order chi connectivity index (χ1) is 15.1. The molecule has 31 heavy (non-hydrogen) atoms. The minimum atomic E-state index is 0.641. The van der Waals surface area contributed by atoms with E-state index in [4.69, 9.17) is 21.1 Å². The Morgan fingerprint density at radius 1 is 1.06 bits per heavy atom. The number of piperidine rings is 1. The lowest BCUT2D eigenvalue weighted by molar-refractivity contribution is 0.178. The van der Waals surface area contributed by atoms with Crippen molar-refractivity contribution >= 4 is 17.6 Å². The van der Waals surface area contributed by atoms with Crippen molar-refractivity contribution in [1.82, 2.24) is 15.5 Å². The number of nitrogens with zero attached hydrogens (tertiary/aromatic N) is 2. The van der Waals surface area contributed by atoms with Crippen molar-refractivity contribution in [1.29, 1.82) is 0 Å². The van der Waals surface area contributed by atoms with Crippen LogP contribution in [0.1, 0.15) is 24.0 Å². The van der Waals surface area contributed by atoms with Crippen molar-refractivity contribution in [3.63, 3.8) is 0 Å². The zero-order chi connectivity index (χ0) is 22.1. The first-order valence-corrected chi connectivity index (χ1v) is 11.1. The number of nitrogens with one attached hydrogen (secondary N) is 2. The van der Waals surface area contributed by atoms with E-state index in [9.17, 15) is 0 Å². The first-order valence-electron chi connectivity index (χ1n) is 10.7. The van der Waals surface area contributed by atoms with Crippen LogP contribution >= 0.6 is 11.6 Å². The van der Waals surface area contributed by atoms with E-state index in [0.29, 0.717) is 12.5 Å². The minimum Gasteiger partial charge on any atom is -0.493 e. The molecular weight excluding hydrogens is 412 g/mol. The van der Waals surface area contributed by atoms with E-state index in [2.05, 4.69) is 32.7 Å². The van der Waals surface area contributed by atoms with Crippen LogP contribution in [0.25, 0.3) is 0 Å². The van der Waals surface area contributed by atoms with E-state index in [1.165, 1.54) is 18.4 Å². The highest BCUT2D eigenvalue weighted by Gasteiger charge is 2.20. The maximum absolute atomic E-state index is 6.31. The summed E-state index contributed by atoms with van der Waals surface area (Å²) in [6.45, 7) is 4.70. The van der Waals surface area contributed by atoms with E-state index in [0.717, 1.165) is 54.2 Å². The lowest BCUT2D eigenvalue weighted by atomic mass is 9.96. The third-order valence-electron chi connectivity index (χ3n) is 5.75. The fourth-order valence-electron chi connectivity index (χ4n) is 3.85. The van der Waals surface area contributed by atoms with Crippen molar-refractivity contribution in [2.75, 3.05) is 40.9 Å². The molecular formula is C24H33ClN4O2. The lowest BCUT2D eigenvalue weighted by Gasteiger charge is -2.32. The molecule has 1 fully saturated rings. The molecule has 1 heterocycles. The zero-order valence-corrected chi connectivity index (χ0v) is 19.4. The Hall–Kier alpha value is -2.44. The van der Waals surface area contributed by atoms with Gasteiger partial charge >= 0.3 is 0 Å². The molecule has 0 amide bonds. The SMILES string of the molecule is CN=C(NCc1ccc(OC)c(OC)c1)NCC1CCN(Cc2ccccc2Cl)CC1. The average Bonchev–Trinajstić information content (AvgIpc) is 2.81. The van der Waals surface area contributed by atoms with Gasteiger partial charge in [0.1, 0.15) is 0 Å². The molecule has 2 aromatic carbocycles. The van der Waals surface area contributed by atoms with Crippen LogP contribution in [0.5, 0.6) is 11.5 Å². The van der Waals surface area contributed by atoms with E-state index < -0.39 is 0 Å². The van der Waals surface area contributed by atoms with Crippen LogP contribution < -0.4 is 20.1 Å². The van der Waals surface area contributed by atoms with Gasteiger partial charge in [-0.15, -0.1) is 0 Å². The van der Waals surface area contributed by atoms with E-state index in [-0.39, 0.29) is 0 Å². The van der Waals surface area contributed by atoms with Gasteiger partial charge in [-0.3, -0.25) is 9.89 Å². The molecule has 7 heteroatoms. The molecule has 1 aliphatic heterocycles. The molecule has 0 spiro atoms. The number of ether oxygens (including phenoxy) is 2. The number of likely N-dealkylation sites (tertiary alicyclic amines) is 1. The van der Waals surface area contributed by atoms with E-state index in [1.807, 2.05) is 30.3 Å². The number of methoxy groups -OCH3 is 2. The van der Waals surface area contributed by atoms with Gasteiger partial charge in [-0.05, 0) is 61.2 Å². The van der Waals surface area contributed by atoms with Gasteiger partial charge in [0.25, 0.3) is 0 Å². The van der Waals surface area contributed by atoms with Crippen LogP contribution in [0.2, 0.25) is 5.02 Å². The summed E-state index contributed by atoms with van der Waals surface area (Å²) in [5.41, 5.74) is 2.31. The zero-order valence-electron chi connectivity index (χ0n) is 18.7. The molecule has 3 rings (SSSR count). The van der Waals surface area contributed by atoms with Gasteiger partial charge in [0.05, 0.1) is 14.2 Å². The van der Waals surface area contributed by atoms with E-state index in [1.54, 1.807) is 21.3 Å². The highest BCUT2D eigenvalue weighted by molar-refractivity contribution is 6.31. The predicted molar refractivity (Wildman–Crippen MR) is 127 cm³/mol. The Kier molecular flexibility index (Phi) is 8.85. The summed E-state index contributed by atoms with van der Waals surface area (Å²) in [6, 6.07) is 14.0. The second kappa shape index (κ2) is 11.8. The summed E-state index contributed by atoms with van der Waals surface area (Å²) in [5.74, 6) is 2.92. The van der Waals surface area contributed by atoms with Gasteiger partial charge in [0, 0.05) is 31.7 Å². The molecule has 168 valence electrons. The van der Waals surface area contributed by atoms with Crippen LogP contribution in [-0.2, 0) is 13.1 Å². The lowest BCUT2D eigenvalue weighted by Crippen LogP contribution is -2.42. The van der Waals surface area contributed by atoms with Crippen molar-refractivity contribution in [3.8, 4) is 11.5 Å². The Balaban J connectivity index is 1.41. The van der Waals surface area contributed by atoms with Crippen LogP contribution in [0.3, 0.4) is 0 Å². The van der Waals surface area contributed by atoms with Crippen molar-refractivity contribution in [2.45, 2.75) is 25.9 Å². The predicted octanol–water partition coefficient (Wildman–Crippen LogP) is 3.93. The van der Waals surface area contributed by atoms with Gasteiger partial charge in [0.2, 0.25) is 0 Å². The van der Waals surface area contributed by atoms with Gasteiger partial charge < -0.3 is 20.1 Å². The number of hydrogen-bond donors (Lipinski definition) is 2. The summed E-state index contributed by atoms with van der Waals surface area (Å²) in [5, 5.41) is 7.71. The number of guanidine groups is 1. The minimum absolute atomic E-state index is 0.641. The topological polar surface area (TPSA) is 58.1 Å². The highest BCUT2D eigenvalue weighted by atomic mass is 35.5. The quantitative estimate of drug-likeness (QED) is 0.477. The molecule has 0 atom stereocenters. The van der Waals surface area contributed by atoms with Gasteiger partial charge in [0.15, 0.2) is 17.5 Å². The molecule has 0 aliphatic carbocycles. The first kappa shape index (κ1) is 23.2. The Morgan fingerprint density at radius 3 is 2.48 bits per heavy atom. The molecule has 1 saturated heterocycles. The average molecular weight is 445 g/mol. The number of halogens is 1. The number of hydrogen-bond acceptors (Lipinski definition) is 4. The van der Waals surface area contributed by atoms with Crippen LogP contribution in [-0.4, -0.2) is 51.8 Å². The molecule has 6 nitrogen and oxygen atoms in total. The fraction of sp³-hybridized carbons (Fsp3) is 0.458. The van der Waals surface area contributed by atoms with Crippen LogP contribution in [0, 0.1) is 5.92 Å². The summed E-state index contributed by atoms with van der Waals surface area (Å²) >= 11 is 6.31. The summed E-state index contributed by atoms with van der Waals surface area (Å²) < 4.78 is 10.7. The molecule has 0 radical (unpaired) electrons. The standard InChI is InChI=1S/C24H33ClN4O2/c1-26-24(28-16-19-8-9-22(30-2)23(14-19)31-3)27-15-18-10-12-29(13-11-18)17-20-6-4-5-7-21(20)25/h4-9,14,18H,10-13,15-17H2,1-3H3,(H2,26,27,28). The van der Waals surface area contributed by atoms with Crippen molar-refractivity contribution in [3.05, 3.63) is 58.6 Å². The van der Waals surface area contributed by atoms with Crippen LogP contribution in [0.4, 0.5) is 0 Å². The number of benzene rings is 2. The van der Waals surface area contributed by atoms with E-state index >= 15 is 0 Å². The van der Waals surface area contributed by atoms with Gasteiger partial charge in [-0.25, -0.2) is 0 Å². The van der Waals surface area contributed by atoms with Crippen molar-refractivity contribution < 1.29 is 9.47 Å². The van der Waals surface area contributed by atoms with Crippen molar-refractivity contribution in [2.24, 2.45) is 10.9 Å². The summed E-state index contributed by atoms with van der Waals surface area (Å²) in [4.78, 5) is 6.85.